The second-order valence-electron chi connectivity index (χ2n) is 4.36. The van der Waals surface area contributed by atoms with Crippen LogP contribution >= 0.6 is 11.6 Å². The van der Waals surface area contributed by atoms with Gasteiger partial charge in [0.1, 0.15) is 0 Å². The predicted octanol–water partition coefficient (Wildman–Crippen LogP) is 3.74. The van der Waals surface area contributed by atoms with Crippen molar-refractivity contribution in [2.75, 3.05) is 5.88 Å². The summed E-state index contributed by atoms with van der Waals surface area (Å²) in [6.07, 6.45) is 6.07. The van der Waals surface area contributed by atoms with Crippen LogP contribution in [0.3, 0.4) is 0 Å². The van der Waals surface area contributed by atoms with Crippen molar-refractivity contribution in [3.63, 3.8) is 0 Å². The minimum Gasteiger partial charge on any atom is -0.270 e. The van der Waals surface area contributed by atoms with Gasteiger partial charge >= 0.3 is 0 Å². The topological polar surface area (TPSA) is 17.8 Å². The fourth-order valence-electron chi connectivity index (χ4n) is 1.28. The number of rotatable bonds is 4. The second-order valence-corrected chi connectivity index (χ2v) is 4.62. The van der Waals surface area contributed by atoms with Gasteiger partial charge in [0.15, 0.2) is 0 Å². The van der Waals surface area contributed by atoms with E-state index in [2.05, 4.69) is 45.1 Å². The van der Waals surface area contributed by atoms with Gasteiger partial charge in [-0.2, -0.15) is 5.10 Å². The Balaban J connectivity index is 2.87. The molecule has 1 aromatic heterocycles. The molecule has 15 heavy (non-hydrogen) atoms. The van der Waals surface area contributed by atoms with Crippen LogP contribution in [0.25, 0.3) is 6.08 Å². The molecule has 0 bridgehead atoms. The number of nitrogens with zero attached hydrogens (tertiary/aromatic N) is 2. The Morgan fingerprint density at radius 1 is 1.47 bits per heavy atom. The van der Waals surface area contributed by atoms with Gasteiger partial charge in [-0.3, -0.25) is 4.68 Å². The van der Waals surface area contributed by atoms with Gasteiger partial charge in [-0.05, 0) is 19.8 Å². The van der Waals surface area contributed by atoms with Crippen molar-refractivity contribution in [3.05, 3.63) is 23.5 Å². The second kappa shape index (κ2) is 5.36. The van der Waals surface area contributed by atoms with Crippen LogP contribution in [-0.4, -0.2) is 15.7 Å². The number of alkyl halides is 1. The van der Waals surface area contributed by atoms with Gasteiger partial charge in [0.05, 0.1) is 6.20 Å². The van der Waals surface area contributed by atoms with Gasteiger partial charge in [0.2, 0.25) is 0 Å². The fraction of sp³-hybridized carbons (Fsp3) is 0.583. The Morgan fingerprint density at radius 2 is 2.13 bits per heavy atom. The van der Waals surface area contributed by atoms with E-state index in [0.29, 0.717) is 17.8 Å². The zero-order valence-corrected chi connectivity index (χ0v) is 10.6. The predicted molar refractivity (Wildman–Crippen MR) is 66.1 cm³/mol. The van der Waals surface area contributed by atoms with E-state index in [4.69, 9.17) is 11.6 Å². The summed E-state index contributed by atoms with van der Waals surface area (Å²) in [7, 11) is 0. The summed E-state index contributed by atoms with van der Waals surface area (Å²) in [5.41, 5.74) is 2.38. The number of allylic oxidation sites excluding steroid dienone is 1. The first-order chi connectivity index (χ1) is 7.04. The minimum atomic E-state index is 0.408. The number of halogens is 1. The van der Waals surface area contributed by atoms with Crippen molar-refractivity contribution in [1.29, 1.82) is 0 Å². The molecule has 0 saturated carbocycles. The van der Waals surface area contributed by atoms with Crippen LogP contribution in [0.15, 0.2) is 18.0 Å². The number of hydrogen-bond donors (Lipinski definition) is 0. The average molecular weight is 227 g/mol. The Hall–Kier alpha value is -0.760. The number of aromatic nitrogens is 2. The van der Waals surface area contributed by atoms with Crippen molar-refractivity contribution in [3.8, 4) is 0 Å². The lowest BCUT2D eigenvalue weighted by Gasteiger charge is -2.06. The first kappa shape index (κ1) is 12.3. The maximum atomic E-state index is 5.89. The molecular weight excluding hydrogens is 208 g/mol. The maximum absolute atomic E-state index is 5.89. The summed E-state index contributed by atoms with van der Waals surface area (Å²) in [6, 6.07) is 0.408. The van der Waals surface area contributed by atoms with E-state index in [1.54, 1.807) is 0 Å². The van der Waals surface area contributed by atoms with E-state index >= 15 is 0 Å². The Labute approximate surface area is 96.9 Å². The highest BCUT2D eigenvalue weighted by Gasteiger charge is 2.04. The summed E-state index contributed by atoms with van der Waals surface area (Å²) in [4.78, 5) is 0. The largest absolute Gasteiger partial charge is 0.270 e. The first-order valence-corrected chi connectivity index (χ1v) is 5.88. The lowest BCUT2D eigenvalue weighted by Crippen LogP contribution is -1.99. The third-order valence-electron chi connectivity index (χ3n) is 2.40. The molecular formula is C12H19ClN2. The molecule has 0 saturated heterocycles. The Morgan fingerprint density at radius 3 is 2.53 bits per heavy atom. The molecule has 0 aliphatic rings. The molecule has 0 amide bonds. The number of hydrogen-bond acceptors (Lipinski definition) is 1. The Kier molecular flexibility index (Phi) is 4.40. The van der Waals surface area contributed by atoms with Crippen molar-refractivity contribution >= 4 is 17.7 Å². The van der Waals surface area contributed by atoms with Gasteiger partial charge in [-0.25, -0.2) is 0 Å². The van der Waals surface area contributed by atoms with Crippen LogP contribution in [0.2, 0.25) is 0 Å². The molecule has 0 atom stereocenters. The van der Waals surface area contributed by atoms with Crippen molar-refractivity contribution in [2.45, 2.75) is 33.7 Å². The molecule has 0 aliphatic heterocycles. The molecule has 0 radical (unpaired) electrons. The van der Waals surface area contributed by atoms with Crippen LogP contribution in [-0.2, 0) is 0 Å². The SMILES string of the molecule is CC(C)C(=Cc1cnn(C(C)C)c1)CCl. The van der Waals surface area contributed by atoms with E-state index in [9.17, 15) is 0 Å². The molecule has 0 fully saturated rings. The molecule has 1 rings (SSSR count). The highest BCUT2D eigenvalue weighted by atomic mass is 35.5. The van der Waals surface area contributed by atoms with E-state index in [1.165, 1.54) is 5.57 Å². The molecule has 0 aliphatic carbocycles. The molecule has 0 unspecified atom stereocenters. The lowest BCUT2D eigenvalue weighted by molar-refractivity contribution is 0.532. The van der Waals surface area contributed by atoms with Crippen LogP contribution in [0.4, 0.5) is 0 Å². The summed E-state index contributed by atoms with van der Waals surface area (Å²) in [5, 5.41) is 4.29. The summed E-state index contributed by atoms with van der Waals surface area (Å²) >= 11 is 5.89. The molecule has 2 nitrogen and oxygen atoms in total. The minimum absolute atomic E-state index is 0.408. The van der Waals surface area contributed by atoms with Crippen LogP contribution in [0, 0.1) is 5.92 Å². The van der Waals surface area contributed by atoms with Crippen LogP contribution in [0.5, 0.6) is 0 Å². The summed E-state index contributed by atoms with van der Waals surface area (Å²) in [5.74, 6) is 1.08. The van der Waals surface area contributed by atoms with Gasteiger partial charge in [-0.15, -0.1) is 11.6 Å². The zero-order valence-electron chi connectivity index (χ0n) is 9.87. The van der Waals surface area contributed by atoms with Crippen LogP contribution in [0.1, 0.15) is 39.3 Å². The molecule has 3 heteroatoms. The van der Waals surface area contributed by atoms with E-state index in [1.807, 2.05) is 10.9 Å². The van der Waals surface area contributed by atoms with Gasteiger partial charge in [0, 0.05) is 23.7 Å². The summed E-state index contributed by atoms with van der Waals surface area (Å²) < 4.78 is 1.96. The molecule has 1 aromatic rings. The maximum Gasteiger partial charge on any atom is 0.0562 e. The van der Waals surface area contributed by atoms with Crippen molar-refractivity contribution < 1.29 is 0 Å². The fourth-order valence-corrected chi connectivity index (χ4v) is 1.67. The Bertz CT molecular complexity index is 337. The third-order valence-corrected chi connectivity index (χ3v) is 2.71. The average Bonchev–Trinajstić information content (AvgIpc) is 2.61. The standard InChI is InChI=1S/C12H19ClN2/c1-9(2)12(6-13)5-11-7-14-15(8-11)10(3)4/h5,7-10H,6H2,1-4H3. The van der Waals surface area contributed by atoms with Gasteiger partial charge in [-0.1, -0.05) is 25.5 Å². The molecule has 84 valence electrons. The molecule has 1 heterocycles. The lowest BCUT2D eigenvalue weighted by atomic mass is 10.0. The quantitative estimate of drug-likeness (QED) is 0.716. The third kappa shape index (κ3) is 3.38. The van der Waals surface area contributed by atoms with Gasteiger partial charge in [0.25, 0.3) is 0 Å². The first-order valence-electron chi connectivity index (χ1n) is 5.35. The normalized spacial score (nSPS) is 12.9. The zero-order chi connectivity index (χ0) is 11.4. The van der Waals surface area contributed by atoms with Gasteiger partial charge < -0.3 is 0 Å². The smallest absolute Gasteiger partial charge is 0.0562 e. The van der Waals surface area contributed by atoms with Crippen molar-refractivity contribution in [1.82, 2.24) is 9.78 Å². The van der Waals surface area contributed by atoms with Crippen LogP contribution < -0.4 is 0 Å². The monoisotopic (exact) mass is 226 g/mol. The molecule has 0 spiro atoms. The molecule has 0 N–H and O–H groups in total. The van der Waals surface area contributed by atoms with E-state index < -0.39 is 0 Å². The molecule has 0 aromatic carbocycles. The highest BCUT2D eigenvalue weighted by molar-refractivity contribution is 6.19. The van der Waals surface area contributed by atoms with E-state index in [-0.39, 0.29) is 0 Å². The van der Waals surface area contributed by atoms with E-state index in [0.717, 1.165) is 5.56 Å². The summed E-state index contributed by atoms with van der Waals surface area (Å²) in [6.45, 7) is 8.54. The highest BCUT2D eigenvalue weighted by Crippen LogP contribution is 2.16. The van der Waals surface area contributed by atoms with Crippen molar-refractivity contribution in [2.24, 2.45) is 5.92 Å².